The Bertz CT molecular complexity index is 1150. The number of nitrogens with zero attached hydrogens (tertiary/aromatic N) is 3. The van der Waals surface area contributed by atoms with Gasteiger partial charge in [0.25, 0.3) is 5.91 Å². The summed E-state index contributed by atoms with van der Waals surface area (Å²) < 4.78 is 2.77. The van der Waals surface area contributed by atoms with Crippen LogP contribution in [0.5, 0.6) is 0 Å². The highest BCUT2D eigenvalue weighted by molar-refractivity contribution is 9.10. The Hall–Kier alpha value is -2.58. The quantitative estimate of drug-likeness (QED) is 0.492. The summed E-state index contributed by atoms with van der Waals surface area (Å²) in [5, 5.41) is 11.6. The van der Waals surface area contributed by atoms with Gasteiger partial charge in [0.2, 0.25) is 11.1 Å². The van der Waals surface area contributed by atoms with E-state index in [0.717, 1.165) is 32.5 Å². The second-order valence-corrected chi connectivity index (χ2v) is 8.95. The number of aromatic nitrogens is 3. The molecule has 2 aromatic carbocycles. The molecular formula is C22H22BrN5OS. The molecule has 0 aliphatic carbocycles. The zero-order chi connectivity index (χ0) is 21.4. The Morgan fingerprint density at radius 3 is 2.57 bits per heavy atom. The molecule has 0 saturated carbocycles. The minimum Gasteiger partial charge on any atom is -0.328 e. The van der Waals surface area contributed by atoms with Gasteiger partial charge in [0.1, 0.15) is 6.04 Å². The molecule has 0 fully saturated rings. The van der Waals surface area contributed by atoms with E-state index in [1.54, 1.807) is 4.68 Å². The zero-order valence-corrected chi connectivity index (χ0v) is 19.6. The maximum atomic E-state index is 13.5. The fraction of sp³-hybridized carbons (Fsp3) is 0.227. The molecule has 1 aromatic heterocycles. The number of hydrogen-bond acceptors (Lipinski definition) is 5. The number of rotatable bonds is 4. The van der Waals surface area contributed by atoms with Crippen LogP contribution in [0.15, 0.2) is 63.4 Å². The molecule has 2 heterocycles. The first-order chi connectivity index (χ1) is 14.4. The van der Waals surface area contributed by atoms with E-state index in [4.69, 9.17) is 0 Å². The third kappa shape index (κ3) is 3.89. The number of halogens is 1. The van der Waals surface area contributed by atoms with Gasteiger partial charge in [-0.25, -0.2) is 4.68 Å². The number of anilines is 2. The standard InChI is InChI=1S/C22H22BrN5OS/c1-12-5-10-17(13(2)11-12)25-20(29)18-14(3)24-21-26-22(30-4)27-28(21)19(18)15-6-8-16(23)9-7-15/h5-11,19H,1-4H3,(H,25,29)(H,24,26,27)/t19-/m0/s1. The van der Waals surface area contributed by atoms with Gasteiger partial charge in [-0.05, 0) is 56.4 Å². The van der Waals surface area contributed by atoms with Crippen LogP contribution in [0.4, 0.5) is 11.6 Å². The Balaban J connectivity index is 1.78. The van der Waals surface area contributed by atoms with Crippen LogP contribution in [0.3, 0.4) is 0 Å². The van der Waals surface area contributed by atoms with E-state index in [0.29, 0.717) is 16.7 Å². The van der Waals surface area contributed by atoms with E-state index in [1.807, 2.05) is 63.4 Å². The van der Waals surface area contributed by atoms with E-state index in [9.17, 15) is 4.79 Å². The summed E-state index contributed by atoms with van der Waals surface area (Å²) >= 11 is 4.96. The third-order valence-electron chi connectivity index (χ3n) is 5.08. The normalized spacial score (nSPS) is 15.6. The number of benzene rings is 2. The van der Waals surface area contributed by atoms with Crippen LogP contribution in [0.2, 0.25) is 0 Å². The van der Waals surface area contributed by atoms with Crippen molar-refractivity contribution in [2.75, 3.05) is 16.9 Å². The van der Waals surface area contributed by atoms with Crippen LogP contribution < -0.4 is 10.6 Å². The molecule has 1 aliphatic heterocycles. The van der Waals surface area contributed by atoms with E-state index in [1.165, 1.54) is 11.8 Å². The first kappa shape index (κ1) is 20.7. The molecule has 154 valence electrons. The molecule has 3 aromatic rings. The predicted molar refractivity (Wildman–Crippen MR) is 125 cm³/mol. The van der Waals surface area contributed by atoms with Crippen molar-refractivity contribution in [2.24, 2.45) is 0 Å². The highest BCUT2D eigenvalue weighted by Gasteiger charge is 2.34. The van der Waals surface area contributed by atoms with Crippen LogP contribution in [-0.2, 0) is 4.79 Å². The number of allylic oxidation sites excluding steroid dienone is 1. The van der Waals surface area contributed by atoms with E-state index < -0.39 is 0 Å². The summed E-state index contributed by atoms with van der Waals surface area (Å²) in [6.07, 6.45) is 1.93. The number of fused-ring (bicyclic) bond motifs is 1. The molecule has 30 heavy (non-hydrogen) atoms. The third-order valence-corrected chi connectivity index (χ3v) is 6.14. The first-order valence-electron chi connectivity index (χ1n) is 9.49. The van der Waals surface area contributed by atoms with E-state index in [-0.39, 0.29) is 11.9 Å². The highest BCUT2D eigenvalue weighted by atomic mass is 79.9. The van der Waals surface area contributed by atoms with Crippen molar-refractivity contribution in [3.05, 3.63) is 74.9 Å². The van der Waals surface area contributed by atoms with Crippen LogP contribution in [-0.4, -0.2) is 26.9 Å². The number of thioether (sulfide) groups is 1. The number of hydrogen-bond donors (Lipinski definition) is 2. The molecule has 1 aliphatic rings. The number of carbonyl (C=O) groups is 1. The lowest BCUT2D eigenvalue weighted by molar-refractivity contribution is -0.113. The molecule has 0 bridgehead atoms. The molecule has 2 N–H and O–H groups in total. The van der Waals surface area contributed by atoms with Gasteiger partial charge in [0.05, 0.1) is 5.57 Å². The van der Waals surface area contributed by atoms with Crippen LogP contribution in [0.1, 0.15) is 29.7 Å². The maximum Gasteiger partial charge on any atom is 0.255 e. The number of nitrogens with one attached hydrogen (secondary N) is 2. The van der Waals surface area contributed by atoms with Crippen molar-refractivity contribution in [1.29, 1.82) is 0 Å². The van der Waals surface area contributed by atoms with Crippen molar-refractivity contribution < 1.29 is 4.79 Å². The van der Waals surface area contributed by atoms with Crippen LogP contribution in [0.25, 0.3) is 0 Å². The maximum absolute atomic E-state index is 13.5. The lowest BCUT2D eigenvalue weighted by Crippen LogP contribution is -2.31. The van der Waals surface area contributed by atoms with Gasteiger partial charge in [-0.15, -0.1) is 5.10 Å². The largest absolute Gasteiger partial charge is 0.328 e. The molecule has 0 spiro atoms. The minimum atomic E-state index is -0.381. The van der Waals surface area contributed by atoms with Gasteiger partial charge in [-0.2, -0.15) is 4.98 Å². The Labute approximate surface area is 188 Å². The summed E-state index contributed by atoms with van der Waals surface area (Å²) in [5.74, 6) is 0.472. The monoisotopic (exact) mass is 483 g/mol. The first-order valence-corrected chi connectivity index (χ1v) is 11.5. The Kier molecular flexibility index (Phi) is 5.71. The van der Waals surface area contributed by atoms with Crippen molar-refractivity contribution in [3.8, 4) is 0 Å². The van der Waals surface area contributed by atoms with Gasteiger partial charge in [-0.1, -0.05) is 57.5 Å². The molecule has 0 saturated heterocycles. The van der Waals surface area contributed by atoms with Crippen molar-refractivity contribution in [1.82, 2.24) is 14.8 Å². The number of amides is 1. The molecule has 0 unspecified atom stereocenters. The second-order valence-electron chi connectivity index (χ2n) is 7.26. The fourth-order valence-corrected chi connectivity index (χ4v) is 4.22. The van der Waals surface area contributed by atoms with E-state index in [2.05, 4.69) is 42.7 Å². The number of aryl methyl sites for hydroxylation is 2. The van der Waals surface area contributed by atoms with Gasteiger partial charge in [0, 0.05) is 15.9 Å². The van der Waals surface area contributed by atoms with Crippen LogP contribution in [0, 0.1) is 13.8 Å². The fourth-order valence-electron chi connectivity index (χ4n) is 3.61. The summed E-state index contributed by atoms with van der Waals surface area (Å²) in [6.45, 7) is 5.94. The molecule has 0 radical (unpaired) electrons. The molecule has 6 nitrogen and oxygen atoms in total. The van der Waals surface area contributed by atoms with Crippen molar-refractivity contribution in [3.63, 3.8) is 0 Å². The van der Waals surface area contributed by atoms with Gasteiger partial charge in [-0.3, -0.25) is 4.79 Å². The summed E-state index contributed by atoms with van der Waals surface area (Å²) in [5.41, 5.74) is 5.32. The topological polar surface area (TPSA) is 71.8 Å². The SMILES string of the molecule is CSc1nc2n(n1)[C@@H](c1ccc(Br)cc1)C(C(=O)Nc1ccc(C)cc1C)=C(C)N2. The summed E-state index contributed by atoms with van der Waals surface area (Å²) in [4.78, 5) is 18.0. The second kappa shape index (κ2) is 8.28. The van der Waals surface area contributed by atoms with Crippen molar-refractivity contribution >= 4 is 45.2 Å². The average molecular weight is 484 g/mol. The highest BCUT2D eigenvalue weighted by Crippen LogP contribution is 2.37. The van der Waals surface area contributed by atoms with Crippen molar-refractivity contribution in [2.45, 2.75) is 32.0 Å². The predicted octanol–water partition coefficient (Wildman–Crippen LogP) is 5.31. The van der Waals surface area contributed by atoms with Crippen LogP contribution >= 0.6 is 27.7 Å². The summed E-state index contributed by atoms with van der Waals surface area (Å²) in [6, 6.07) is 13.6. The molecule has 1 amide bonds. The van der Waals surface area contributed by atoms with Gasteiger partial charge < -0.3 is 10.6 Å². The van der Waals surface area contributed by atoms with Gasteiger partial charge >= 0.3 is 0 Å². The van der Waals surface area contributed by atoms with Gasteiger partial charge in [0.15, 0.2) is 0 Å². The molecule has 1 atom stereocenters. The molecular weight excluding hydrogens is 462 g/mol. The number of carbonyl (C=O) groups excluding carboxylic acids is 1. The van der Waals surface area contributed by atoms with E-state index >= 15 is 0 Å². The smallest absolute Gasteiger partial charge is 0.255 e. The lowest BCUT2D eigenvalue weighted by Gasteiger charge is -2.29. The minimum absolute atomic E-state index is 0.160. The zero-order valence-electron chi connectivity index (χ0n) is 17.2. The Morgan fingerprint density at radius 1 is 1.17 bits per heavy atom. The summed E-state index contributed by atoms with van der Waals surface area (Å²) in [7, 11) is 0. The Morgan fingerprint density at radius 2 is 1.90 bits per heavy atom. The molecule has 8 heteroatoms. The molecule has 4 rings (SSSR count). The average Bonchev–Trinajstić information content (AvgIpc) is 3.12. The lowest BCUT2D eigenvalue weighted by atomic mass is 9.95.